The topological polar surface area (TPSA) is 106 Å². The Bertz CT molecular complexity index is 1180. The normalized spacial score (nSPS) is 18.7. The van der Waals surface area contributed by atoms with Crippen molar-refractivity contribution >= 4 is 40.3 Å². The van der Waals surface area contributed by atoms with Crippen molar-refractivity contribution in [3.63, 3.8) is 0 Å². The van der Waals surface area contributed by atoms with Crippen molar-refractivity contribution in [3.8, 4) is 0 Å². The van der Waals surface area contributed by atoms with Crippen molar-refractivity contribution in [1.82, 2.24) is 24.6 Å². The van der Waals surface area contributed by atoms with E-state index in [2.05, 4.69) is 30.7 Å². The van der Waals surface area contributed by atoms with E-state index in [1.165, 1.54) is 0 Å². The molecule has 1 saturated carbocycles. The third kappa shape index (κ3) is 4.11. The van der Waals surface area contributed by atoms with Crippen LogP contribution < -0.4 is 16.4 Å². The zero-order valence-corrected chi connectivity index (χ0v) is 17.6. The Balaban J connectivity index is 1.40. The predicted octanol–water partition coefficient (Wildman–Crippen LogP) is 4.64. The van der Waals surface area contributed by atoms with Crippen LogP contribution in [0.3, 0.4) is 0 Å². The summed E-state index contributed by atoms with van der Waals surface area (Å²) in [5, 5.41) is 11.8. The van der Waals surface area contributed by atoms with Crippen molar-refractivity contribution in [2.45, 2.75) is 37.6 Å². The molecule has 0 aliphatic heterocycles. The number of fused-ring (bicyclic) bond motifs is 1. The van der Waals surface area contributed by atoms with Crippen molar-refractivity contribution in [2.75, 3.05) is 16.4 Å². The first-order valence-corrected chi connectivity index (χ1v) is 10.7. The highest BCUT2D eigenvalue weighted by Crippen LogP contribution is 2.41. The summed E-state index contributed by atoms with van der Waals surface area (Å²) in [5.74, 6) is 1.60. The van der Waals surface area contributed by atoms with Crippen LogP contribution in [0.4, 0.5) is 23.0 Å². The summed E-state index contributed by atoms with van der Waals surface area (Å²) in [7, 11) is 0. The van der Waals surface area contributed by atoms with Gasteiger partial charge in [-0.1, -0.05) is 18.2 Å². The second-order valence-electron chi connectivity index (χ2n) is 7.76. The van der Waals surface area contributed by atoms with Gasteiger partial charge < -0.3 is 16.4 Å². The number of hydrogen-bond acceptors (Lipinski definition) is 7. The number of halogens is 1. The Labute approximate surface area is 184 Å². The van der Waals surface area contributed by atoms with Crippen LogP contribution in [0.5, 0.6) is 0 Å². The number of hydrogen-bond donors (Lipinski definition) is 3. The van der Waals surface area contributed by atoms with Gasteiger partial charge in [0.05, 0.1) is 5.69 Å². The van der Waals surface area contributed by atoms with E-state index in [4.69, 9.17) is 17.3 Å². The lowest BCUT2D eigenvalue weighted by Gasteiger charge is -2.31. The van der Waals surface area contributed by atoms with E-state index in [0.29, 0.717) is 17.8 Å². The Morgan fingerprint density at radius 2 is 1.81 bits per heavy atom. The monoisotopic (exact) mass is 434 g/mol. The number of nitrogen functional groups attached to an aromatic ring is 1. The van der Waals surface area contributed by atoms with Gasteiger partial charge in [0.15, 0.2) is 5.65 Å². The van der Waals surface area contributed by atoms with Crippen molar-refractivity contribution in [2.24, 2.45) is 0 Å². The van der Waals surface area contributed by atoms with Gasteiger partial charge in [0, 0.05) is 35.9 Å². The summed E-state index contributed by atoms with van der Waals surface area (Å²) in [6.07, 6.45) is 9.20. The van der Waals surface area contributed by atoms with Crippen molar-refractivity contribution in [3.05, 3.63) is 65.8 Å². The summed E-state index contributed by atoms with van der Waals surface area (Å²) in [5.41, 5.74) is 10.2. The van der Waals surface area contributed by atoms with E-state index in [1.807, 2.05) is 42.6 Å². The van der Waals surface area contributed by atoms with Crippen molar-refractivity contribution in [1.29, 1.82) is 0 Å². The molecule has 0 bridgehead atoms. The number of nitrogens with one attached hydrogen (secondary N) is 2. The molecule has 0 unspecified atom stereocenters. The molecule has 1 aromatic carbocycles. The molecule has 3 aromatic heterocycles. The fraction of sp³-hybridized carbons (Fsp3) is 0.273. The molecule has 3 heterocycles. The molecule has 158 valence electrons. The molecule has 0 spiro atoms. The van der Waals surface area contributed by atoms with Gasteiger partial charge >= 0.3 is 0 Å². The highest BCUT2D eigenvalue weighted by molar-refractivity contribution is 6.28. The lowest BCUT2D eigenvalue weighted by Crippen LogP contribution is -2.26. The summed E-state index contributed by atoms with van der Waals surface area (Å²) in [6, 6.07) is 12.3. The minimum Gasteiger partial charge on any atom is -0.382 e. The number of benzene rings is 1. The zero-order chi connectivity index (χ0) is 21.2. The van der Waals surface area contributed by atoms with E-state index < -0.39 is 0 Å². The average molecular weight is 435 g/mol. The number of anilines is 4. The van der Waals surface area contributed by atoms with Crippen LogP contribution >= 0.6 is 11.6 Å². The van der Waals surface area contributed by atoms with Crippen LogP contribution in [0.2, 0.25) is 5.28 Å². The van der Waals surface area contributed by atoms with Crippen LogP contribution in [-0.2, 0) is 0 Å². The van der Waals surface area contributed by atoms with Gasteiger partial charge in [-0.3, -0.25) is 0 Å². The van der Waals surface area contributed by atoms with Crippen LogP contribution in [0.25, 0.3) is 5.65 Å². The van der Waals surface area contributed by atoms with E-state index in [0.717, 1.165) is 54.1 Å². The molecule has 0 atom stereocenters. The highest BCUT2D eigenvalue weighted by atomic mass is 35.5. The average Bonchev–Trinajstić information content (AvgIpc) is 3.24. The van der Waals surface area contributed by atoms with Crippen LogP contribution in [0.1, 0.15) is 37.2 Å². The molecule has 1 aliphatic carbocycles. The molecule has 5 rings (SSSR count). The maximum atomic E-state index is 6.46. The third-order valence-corrected chi connectivity index (χ3v) is 5.94. The minimum atomic E-state index is 0.252. The maximum absolute atomic E-state index is 6.46. The second kappa shape index (κ2) is 8.39. The summed E-state index contributed by atoms with van der Waals surface area (Å²) in [6.45, 7) is 0. The molecule has 0 amide bonds. The van der Waals surface area contributed by atoms with Gasteiger partial charge in [0.1, 0.15) is 11.6 Å². The first kappa shape index (κ1) is 19.6. The van der Waals surface area contributed by atoms with E-state index >= 15 is 0 Å². The summed E-state index contributed by atoms with van der Waals surface area (Å²) >= 11 is 5.91. The number of nitrogens with two attached hydrogens (primary N) is 1. The van der Waals surface area contributed by atoms with Crippen LogP contribution in [0, 0.1) is 0 Å². The number of aromatic nitrogens is 5. The van der Waals surface area contributed by atoms with Gasteiger partial charge in [-0.05, 0) is 61.4 Å². The first-order chi connectivity index (χ1) is 15.2. The van der Waals surface area contributed by atoms with Gasteiger partial charge in [-0.2, -0.15) is 0 Å². The van der Waals surface area contributed by atoms with Crippen LogP contribution in [0.15, 0.2) is 55.0 Å². The zero-order valence-electron chi connectivity index (χ0n) is 16.9. The SMILES string of the molecule is Nc1nn2ccnc2c(Nc2ccccc2)c1[C@H]1CC[C@H](Nc2ccnc(Cl)n2)CC1. The van der Waals surface area contributed by atoms with Gasteiger partial charge in [0.2, 0.25) is 5.28 Å². The first-order valence-electron chi connectivity index (χ1n) is 10.4. The lowest BCUT2D eigenvalue weighted by molar-refractivity contribution is 0.412. The molecule has 31 heavy (non-hydrogen) atoms. The standard InChI is InChI=1S/C22H23ClN8/c23-22-26-11-10-17(29-22)27-16-8-6-14(7-9-16)18-19(28-15-4-2-1-3-5-15)21-25-12-13-31(21)30-20(18)24/h1-5,10-14,16,28H,6-9H2,(H2,24,30)(H,26,27,29)/t14-,16-. The van der Waals surface area contributed by atoms with Gasteiger partial charge in [-0.25, -0.2) is 19.5 Å². The second-order valence-corrected chi connectivity index (χ2v) is 8.10. The molecular weight excluding hydrogens is 412 g/mol. The maximum Gasteiger partial charge on any atom is 0.224 e. The number of nitrogens with zero attached hydrogens (tertiary/aromatic N) is 5. The van der Waals surface area contributed by atoms with Gasteiger partial charge in [-0.15, -0.1) is 5.10 Å². The Morgan fingerprint density at radius 3 is 2.58 bits per heavy atom. The molecule has 1 fully saturated rings. The summed E-state index contributed by atoms with van der Waals surface area (Å²) in [4.78, 5) is 12.7. The Kier molecular flexibility index (Phi) is 5.30. The minimum absolute atomic E-state index is 0.252. The van der Waals surface area contributed by atoms with Crippen molar-refractivity contribution < 1.29 is 0 Å². The van der Waals surface area contributed by atoms with Crippen LogP contribution in [-0.4, -0.2) is 30.6 Å². The molecule has 4 aromatic rings. The molecule has 9 heteroatoms. The van der Waals surface area contributed by atoms with E-state index in [9.17, 15) is 0 Å². The fourth-order valence-electron chi connectivity index (χ4n) is 4.33. The van der Waals surface area contributed by atoms with Gasteiger partial charge in [0.25, 0.3) is 0 Å². The Morgan fingerprint density at radius 1 is 1.00 bits per heavy atom. The molecular formula is C22H23ClN8. The predicted molar refractivity (Wildman–Crippen MR) is 123 cm³/mol. The smallest absolute Gasteiger partial charge is 0.224 e. The number of para-hydroxylation sites is 1. The molecule has 8 nitrogen and oxygen atoms in total. The Hall–Kier alpha value is -3.39. The molecule has 4 N–H and O–H groups in total. The number of rotatable bonds is 5. The molecule has 0 radical (unpaired) electrons. The quantitative estimate of drug-likeness (QED) is 0.393. The largest absolute Gasteiger partial charge is 0.382 e. The number of imidazole rings is 1. The fourth-order valence-corrected chi connectivity index (χ4v) is 4.48. The molecule has 0 saturated heterocycles. The lowest BCUT2D eigenvalue weighted by atomic mass is 9.81. The van der Waals surface area contributed by atoms with E-state index in [1.54, 1.807) is 16.9 Å². The third-order valence-electron chi connectivity index (χ3n) is 5.76. The van der Waals surface area contributed by atoms with E-state index in [-0.39, 0.29) is 5.28 Å². The summed E-state index contributed by atoms with van der Waals surface area (Å²) < 4.78 is 1.73. The highest BCUT2D eigenvalue weighted by Gasteiger charge is 2.28. The molecule has 1 aliphatic rings.